The number of hydrazine groups is 1. The molecule has 0 unspecified atom stereocenters. The Hall–Kier alpha value is -2.55. The molecule has 1 saturated carbocycles. The van der Waals surface area contributed by atoms with Crippen LogP contribution < -0.4 is 15.8 Å². The molecule has 2 N–H and O–H groups in total. The fourth-order valence-electron chi connectivity index (χ4n) is 3.40. The Kier molecular flexibility index (Phi) is 6.03. The van der Waals surface area contributed by atoms with Gasteiger partial charge in [-0.1, -0.05) is 36.9 Å². The summed E-state index contributed by atoms with van der Waals surface area (Å²) in [5, 5.41) is 9.56. The molecule has 1 aromatic carbocycles. The van der Waals surface area contributed by atoms with Gasteiger partial charge in [-0.25, -0.2) is 0 Å². The molecule has 29 heavy (non-hydrogen) atoms. The zero-order valence-electron chi connectivity index (χ0n) is 16.5. The number of amides is 2. The molecule has 2 heterocycles. The summed E-state index contributed by atoms with van der Waals surface area (Å²) in [7, 11) is 0. The number of anilines is 1. The van der Waals surface area contributed by atoms with E-state index >= 15 is 0 Å². The van der Waals surface area contributed by atoms with Gasteiger partial charge < -0.3 is 4.90 Å². The fourth-order valence-corrected chi connectivity index (χ4v) is 4.20. The number of thioether (sulfide) groups is 1. The van der Waals surface area contributed by atoms with Crippen LogP contribution in [0.3, 0.4) is 0 Å². The van der Waals surface area contributed by atoms with Gasteiger partial charge in [0.2, 0.25) is 11.9 Å². The van der Waals surface area contributed by atoms with Crippen LogP contribution in [0.5, 0.6) is 0 Å². The van der Waals surface area contributed by atoms with Crippen LogP contribution in [0.25, 0.3) is 0 Å². The second kappa shape index (κ2) is 8.86. The van der Waals surface area contributed by atoms with Gasteiger partial charge in [0.25, 0.3) is 5.91 Å². The normalized spacial score (nSPS) is 17.2. The van der Waals surface area contributed by atoms with Crippen LogP contribution in [-0.2, 0) is 4.79 Å². The van der Waals surface area contributed by atoms with Crippen molar-refractivity contribution in [1.29, 1.82) is 0 Å². The first-order valence-electron chi connectivity index (χ1n) is 10.1. The SMILES string of the molecule is CC1CCN(c2nnc(SCC(=O)NNC(=O)c3ccccc3)n2C2CC2)CC1. The molecule has 8 nitrogen and oxygen atoms in total. The number of nitrogens with zero attached hydrogens (tertiary/aromatic N) is 4. The van der Waals surface area contributed by atoms with Crippen molar-refractivity contribution in [2.45, 2.75) is 43.8 Å². The van der Waals surface area contributed by atoms with E-state index < -0.39 is 0 Å². The number of carbonyl (C=O) groups excluding carboxylic acids is 2. The van der Waals surface area contributed by atoms with E-state index in [4.69, 9.17) is 0 Å². The highest BCUT2D eigenvalue weighted by atomic mass is 32.2. The summed E-state index contributed by atoms with van der Waals surface area (Å²) in [5.41, 5.74) is 5.40. The van der Waals surface area contributed by atoms with Crippen molar-refractivity contribution in [2.24, 2.45) is 5.92 Å². The summed E-state index contributed by atoms with van der Waals surface area (Å²) in [6.45, 7) is 4.30. The number of nitrogens with one attached hydrogen (secondary N) is 2. The number of benzene rings is 1. The predicted octanol–water partition coefficient (Wildman–Crippen LogP) is 2.40. The maximum absolute atomic E-state index is 12.2. The molecule has 2 aliphatic rings. The highest BCUT2D eigenvalue weighted by Gasteiger charge is 2.32. The monoisotopic (exact) mass is 414 g/mol. The Morgan fingerprint density at radius 1 is 1.07 bits per heavy atom. The molecule has 154 valence electrons. The quantitative estimate of drug-likeness (QED) is 0.557. The molecule has 4 rings (SSSR count). The standard InChI is InChI=1S/C20H26N6O2S/c1-14-9-11-25(12-10-14)19-23-24-20(26(19)16-7-8-16)29-13-17(27)21-22-18(28)15-5-3-2-4-6-15/h2-6,14,16H,7-13H2,1H3,(H,21,27)(H,22,28). The van der Waals surface area contributed by atoms with Gasteiger partial charge in [0.15, 0.2) is 5.16 Å². The fraction of sp³-hybridized carbons (Fsp3) is 0.500. The van der Waals surface area contributed by atoms with Gasteiger partial charge in [-0.05, 0) is 43.7 Å². The molecule has 1 saturated heterocycles. The molecule has 1 aliphatic carbocycles. The van der Waals surface area contributed by atoms with Crippen molar-refractivity contribution in [3.8, 4) is 0 Å². The van der Waals surface area contributed by atoms with Crippen molar-refractivity contribution in [1.82, 2.24) is 25.6 Å². The Balaban J connectivity index is 1.32. The molecular weight excluding hydrogens is 388 g/mol. The molecule has 1 aromatic heterocycles. The van der Waals surface area contributed by atoms with E-state index in [1.807, 2.05) is 6.07 Å². The molecule has 1 aliphatic heterocycles. The van der Waals surface area contributed by atoms with E-state index in [9.17, 15) is 9.59 Å². The minimum absolute atomic E-state index is 0.164. The molecule has 0 spiro atoms. The Morgan fingerprint density at radius 3 is 2.48 bits per heavy atom. The highest BCUT2D eigenvalue weighted by Crippen LogP contribution is 2.41. The Bertz CT molecular complexity index is 859. The number of aromatic nitrogens is 3. The molecule has 2 amide bonds. The molecule has 9 heteroatoms. The zero-order valence-corrected chi connectivity index (χ0v) is 17.3. The summed E-state index contributed by atoms with van der Waals surface area (Å²) in [5.74, 6) is 1.23. The lowest BCUT2D eigenvalue weighted by Crippen LogP contribution is -2.42. The van der Waals surface area contributed by atoms with Crippen LogP contribution in [-0.4, -0.2) is 45.4 Å². The summed E-state index contributed by atoms with van der Waals surface area (Å²) < 4.78 is 2.19. The lowest BCUT2D eigenvalue weighted by molar-refractivity contribution is -0.119. The third-order valence-electron chi connectivity index (χ3n) is 5.31. The van der Waals surface area contributed by atoms with Crippen LogP contribution in [0.1, 0.15) is 49.0 Å². The van der Waals surface area contributed by atoms with E-state index in [-0.39, 0.29) is 17.6 Å². The topological polar surface area (TPSA) is 92.2 Å². The van der Waals surface area contributed by atoms with Crippen molar-refractivity contribution in [2.75, 3.05) is 23.7 Å². The van der Waals surface area contributed by atoms with Gasteiger partial charge in [0.05, 0.1) is 5.75 Å². The van der Waals surface area contributed by atoms with Crippen LogP contribution in [0.15, 0.2) is 35.5 Å². The number of piperidine rings is 1. The van der Waals surface area contributed by atoms with Crippen LogP contribution >= 0.6 is 11.8 Å². The maximum atomic E-state index is 12.2. The molecule has 0 atom stereocenters. The summed E-state index contributed by atoms with van der Waals surface area (Å²) >= 11 is 1.36. The largest absolute Gasteiger partial charge is 0.341 e. The van der Waals surface area contributed by atoms with E-state index in [0.29, 0.717) is 11.6 Å². The van der Waals surface area contributed by atoms with Crippen LogP contribution in [0.4, 0.5) is 5.95 Å². The second-order valence-corrected chi connectivity index (χ2v) is 8.65. The van der Waals surface area contributed by atoms with E-state index in [1.54, 1.807) is 24.3 Å². The summed E-state index contributed by atoms with van der Waals surface area (Å²) in [6.07, 6.45) is 4.59. The van der Waals surface area contributed by atoms with Gasteiger partial charge in [-0.15, -0.1) is 10.2 Å². The maximum Gasteiger partial charge on any atom is 0.269 e. The van der Waals surface area contributed by atoms with E-state index in [1.165, 1.54) is 24.6 Å². The average Bonchev–Trinajstić information content (AvgIpc) is 3.50. The average molecular weight is 415 g/mol. The number of carbonyl (C=O) groups is 2. The predicted molar refractivity (Wildman–Crippen MR) is 112 cm³/mol. The van der Waals surface area contributed by atoms with Gasteiger partial charge in [0.1, 0.15) is 0 Å². The third-order valence-corrected chi connectivity index (χ3v) is 6.25. The lowest BCUT2D eigenvalue weighted by Gasteiger charge is -2.31. The number of hydrogen-bond acceptors (Lipinski definition) is 6. The highest BCUT2D eigenvalue weighted by molar-refractivity contribution is 7.99. The zero-order chi connectivity index (χ0) is 20.2. The molecule has 0 radical (unpaired) electrons. The van der Waals surface area contributed by atoms with Gasteiger partial charge in [-0.2, -0.15) is 0 Å². The Labute approximate surface area is 174 Å². The minimum Gasteiger partial charge on any atom is -0.341 e. The van der Waals surface area contributed by atoms with Gasteiger partial charge in [0, 0.05) is 24.7 Å². The molecule has 0 bridgehead atoms. The molecular formula is C20H26N6O2S. The van der Waals surface area contributed by atoms with E-state index in [0.717, 1.165) is 43.0 Å². The number of hydrogen-bond donors (Lipinski definition) is 2. The molecule has 2 aromatic rings. The van der Waals surface area contributed by atoms with Crippen molar-refractivity contribution in [3.05, 3.63) is 35.9 Å². The smallest absolute Gasteiger partial charge is 0.269 e. The van der Waals surface area contributed by atoms with Crippen molar-refractivity contribution in [3.63, 3.8) is 0 Å². The van der Waals surface area contributed by atoms with Crippen molar-refractivity contribution >= 4 is 29.5 Å². The van der Waals surface area contributed by atoms with Crippen LogP contribution in [0.2, 0.25) is 0 Å². The third kappa shape index (κ3) is 4.90. The Morgan fingerprint density at radius 2 is 1.79 bits per heavy atom. The molecule has 2 fully saturated rings. The first-order valence-corrected chi connectivity index (χ1v) is 11.1. The summed E-state index contributed by atoms with van der Waals surface area (Å²) in [6, 6.07) is 9.20. The first-order chi connectivity index (χ1) is 14.1. The summed E-state index contributed by atoms with van der Waals surface area (Å²) in [4.78, 5) is 26.5. The number of rotatable bonds is 6. The van der Waals surface area contributed by atoms with E-state index in [2.05, 4.69) is 37.4 Å². The second-order valence-electron chi connectivity index (χ2n) is 7.71. The van der Waals surface area contributed by atoms with Gasteiger partial charge >= 0.3 is 0 Å². The first kappa shape index (κ1) is 19.8. The van der Waals surface area contributed by atoms with Crippen molar-refractivity contribution < 1.29 is 9.59 Å². The van der Waals surface area contributed by atoms with Gasteiger partial charge in [-0.3, -0.25) is 25.0 Å². The minimum atomic E-state index is -0.341. The van der Waals surface area contributed by atoms with Crippen LogP contribution in [0, 0.1) is 5.92 Å². The lowest BCUT2D eigenvalue weighted by atomic mass is 10.00.